The molecule has 0 N–H and O–H groups in total. The Morgan fingerprint density at radius 2 is 1.38 bits per heavy atom. The molecule has 0 aliphatic heterocycles. The Bertz CT molecular complexity index is 1430. The Hall–Kier alpha value is -4.58. The molecule has 1 atom stereocenters. The molecular weight excluding hydrogens is 426 g/mol. The molecule has 166 valence electrons. The summed E-state index contributed by atoms with van der Waals surface area (Å²) in [6.07, 6.45) is -1.03. The van der Waals surface area contributed by atoms with Crippen LogP contribution in [0, 0.1) is 0 Å². The Labute approximate surface area is 196 Å². The molecule has 0 spiro atoms. The van der Waals surface area contributed by atoms with Gasteiger partial charge in [0.15, 0.2) is 6.10 Å². The number of ether oxygens (including phenoxy) is 1. The Morgan fingerprint density at radius 3 is 2.12 bits per heavy atom. The number of nitrogens with zero attached hydrogens (tertiary/aromatic N) is 3. The monoisotopic (exact) mass is 447 g/mol. The normalized spacial score (nSPS) is 11.8. The van der Waals surface area contributed by atoms with E-state index in [1.165, 1.54) is 0 Å². The lowest BCUT2D eigenvalue weighted by molar-refractivity contribution is 0.0280. The fraction of sp³-hybridized carbons (Fsp3) is 0.0714. The maximum Gasteiger partial charge on any atom is 0.339 e. The minimum atomic E-state index is -1.03. The minimum absolute atomic E-state index is 0.269. The van der Waals surface area contributed by atoms with E-state index in [1.54, 1.807) is 48.5 Å². The van der Waals surface area contributed by atoms with Gasteiger partial charge in [-0.2, -0.15) is 0 Å². The molecule has 5 aromatic rings. The fourth-order valence-electron chi connectivity index (χ4n) is 3.78. The summed E-state index contributed by atoms with van der Waals surface area (Å²) in [7, 11) is 0. The van der Waals surface area contributed by atoms with E-state index < -0.39 is 12.1 Å². The highest BCUT2D eigenvalue weighted by Gasteiger charge is 2.26. The van der Waals surface area contributed by atoms with Crippen molar-refractivity contribution in [1.29, 1.82) is 0 Å². The van der Waals surface area contributed by atoms with Crippen LogP contribution in [0.2, 0.25) is 0 Å². The van der Waals surface area contributed by atoms with E-state index in [-0.39, 0.29) is 5.78 Å². The third-order valence-corrected chi connectivity index (χ3v) is 5.57. The van der Waals surface area contributed by atoms with Gasteiger partial charge in [-0.15, -0.1) is 5.10 Å². The summed E-state index contributed by atoms with van der Waals surface area (Å²) in [5.74, 6) is -0.828. The summed E-state index contributed by atoms with van der Waals surface area (Å²) in [4.78, 5) is 26.1. The van der Waals surface area contributed by atoms with Crippen molar-refractivity contribution in [1.82, 2.24) is 15.0 Å². The maximum absolute atomic E-state index is 13.2. The van der Waals surface area contributed by atoms with Crippen LogP contribution >= 0.6 is 0 Å². The highest BCUT2D eigenvalue weighted by Crippen LogP contribution is 2.24. The number of aromatic nitrogens is 3. The van der Waals surface area contributed by atoms with Crippen LogP contribution in [0.25, 0.3) is 11.0 Å². The molecule has 1 aromatic heterocycles. The Balaban J connectivity index is 1.35. The standard InChI is InChI=1S/C28H21N3O3/c32-26(21-9-3-1-4-10-21)27(22-11-5-2-6-12-22)34-28(33)23-17-15-20(16-18-23)19-31-25-14-8-7-13-24(25)29-30-31/h1-18,27H,19H2/t27-/m0/s1. The summed E-state index contributed by atoms with van der Waals surface area (Å²) in [5, 5.41) is 8.38. The van der Waals surface area contributed by atoms with Crippen LogP contribution < -0.4 is 0 Å². The van der Waals surface area contributed by atoms with Crippen LogP contribution in [0.1, 0.15) is 37.9 Å². The van der Waals surface area contributed by atoms with Crippen molar-refractivity contribution in [2.24, 2.45) is 0 Å². The van der Waals surface area contributed by atoms with E-state index in [4.69, 9.17) is 4.74 Å². The molecule has 0 bridgehead atoms. The molecule has 0 aliphatic rings. The van der Waals surface area contributed by atoms with Crippen molar-refractivity contribution >= 4 is 22.8 Å². The van der Waals surface area contributed by atoms with Gasteiger partial charge in [0.25, 0.3) is 0 Å². The lowest BCUT2D eigenvalue weighted by Gasteiger charge is -2.17. The number of benzene rings is 4. The number of hydrogen-bond donors (Lipinski definition) is 0. The highest BCUT2D eigenvalue weighted by atomic mass is 16.5. The van der Waals surface area contributed by atoms with Gasteiger partial charge in [0.1, 0.15) is 5.52 Å². The zero-order chi connectivity index (χ0) is 23.3. The van der Waals surface area contributed by atoms with Crippen molar-refractivity contribution in [2.45, 2.75) is 12.6 Å². The van der Waals surface area contributed by atoms with Crippen LogP contribution in [0.5, 0.6) is 0 Å². The van der Waals surface area contributed by atoms with Crippen LogP contribution in [-0.4, -0.2) is 26.7 Å². The molecule has 0 fully saturated rings. The van der Waals surface area contributed by atoms with Crippen LogP contribution in [0.15, 0.2) is 109 Å². The van der Waals surface area contributed by atoms with Crippen molar-refractivity contribution in [3.05, 3.63) is 131 Å². The molecule has 0 amide bonds. The van der Waals surface area contributed by atoms with E-state index >= 15 is 0 Å². The zero-order valence-corrected chi connectivity index (χ0v) is 18.2. The van der Waals surface area contributed by atoms with E-state index in [0.717, 1.165) is 16.6 Å². The molecule has 0 saturated heterocycles. The number of esters is 1. The molecule has 0 saturated carbocycles. The molecule has 0 aliphatic carbocycles. The first-order valence-electron chi connectivity index (χ1n) is 10.9. The second-order valence-electron chi connectivity index (χ2n) is 7.86. The third kappa shape index (κ3) is 4.47. The van der Waals surface area contributed by atoms with E-state index in [1.807, 2.05) is 65.3 Å². The van der Waals surface area contributed by atoms with Gasteiger partial charge in [0, 0.05) is 11.1 Å². The summed E-state index contributed by atoms with van der Waals surface area (Å²) in [5.41, 5.74) is 4.22. The summed E-state index contributed by atoms with van der Waals surface area (Å²) >= 11 is 0. The largest absolute Gasteiger partial charge is 0.445 e. The second kappa shape index (κ2) is 9.50. The van der Waals surface area contributed by atoms with E-state index in [0.29, 0.717) is 23.2 Å². The van der Waals surface area contributed by atoms with Crippen LogP contribution in [0.4, 0.5) is 0 Å². The third-order valence-electron chi connectivity index (χ3n) is 5.57. The first-order chi connectivity index (χ1) is 16.7. The fourth-order valence-corrected chi connectivity index (χ4v) is 3.78. The van der Waals surface area contributed by atoms with Crippen molar-refractivity contribution in [2.75, 3.05) is 0 Å². The van der Waals surface area contributed by atoms with E-state index in [2.05, 4.69) is 10.3 Å². The van der Waals surface area contributed by atoms with E-state index in [9.17, 15) is 9.59 Å². The van der Waals surface area contributed by atoms with Crippen molar-refractivity contribution in [3.8, 4) is 0 Å². The smallest absolute Gasteiger partial charge is 0.339 e. The number of ketones is 1. The summed E-state index contributed by atoms with van der Waals surface area (Å²) in [6.45, 7) is 0.523. The molecule has 0 radical (unpaired) electrons. The SMILES string of the molecule is O=C(O[C@H](C(=O)c1ccccc1)c1ccccc1)c1ccc(Cn2nnc3ccccc32)cc1. The van der Waals surface area contributed by atoms with Gasteiger partial charge in [0.2, 0.25) is 5.78 Å². The predicted octanol–water partition coefficient (Wildman–Crippen LogP) is 5.26. The van der Waals surface area contributed by atoms with Crippen LogP contribution in [0.3, 0.4) is 0 Å². The van der Waals surface area contributed by atoms with Gasteiger partial charge in [0.05, 0.1) is 17.6 Å². The number of fused-ring (bicyclic) bond motifs is 1. The average Bonchev–Trinajstić information content (AvgIpc) is 3.31. The van der Waals surface area contributed by atoms with Crippen molar-refractivity contribution < 1.29 is 14.3 Å². The minimum Gasteiger partial charge on any atom is -0.445 e. The first-order valence-corrected chi connectivity index (χ1v) is 10.9. The second-order valence-corrected chi connectivity index (χ2v) is 7.86. The van der Waals surface area contributed by atoms with Gasteiger partial charge in [-0.3, -0.25) is 4.79 Å². The van der Waals surface area contributed by atoms with Crippen molar-refractivity contribution in [3.63, 3.8) is 0 Å². The quantitative estimate of drug-likeness (QED) is 0.251. The Kier molecular flexibility index (Phi) is 5.95. The number of para-hydroxylation sites is 1. The number of carbonyl (C=O) groups is 2. The van der Waals surface area contributed by atoms with Gasteiger partial charge < -0.3 is 4.74 Å². The lowest BCUT2D eigenvalue weighted by Crippen LogP contribution is -2.20. The molecular formula is C28H21N3O3. The molecule has 4 aromatic carbocycles. The molecule has 5 rings (SSSR count). The van der Waals surface area contributed by atoms with Gasteiger partial charge in [-0.1, -0.05) is 90.1 Å². The summed E-state index contributed by atoms with van der Waals surface area (Å²) in [6, 6.07) is 32.7. The van der Waals surface area contributed by atoms with Gasteiger partial charge >= 0.3 is 5.97 Å². The zero-order valence-electron chi connectivity index (χ0n) is 18.2. The van der Waals surface area contributed by atoms with Gasteiger partial charge in [-0.05, 0) is 29.8 Å². The van der Waals surface area contributed by atoms with Crippen LogP contribution in [-0.2, 0) is 11.3 Å². The molecule has 6 heteroatoms. The lowest BCUT2D eigenvalue weighted by atomic mass is 9.99. The molecule has 0 unspecified atom stereocenters. The Morgan fingerprint density at radius 1 is 0.735 bits per heavy atom. The average molecular weight is 447 g/mol. The molecule has 34 heavy (non-hydrogen) atoms. The highest BCUT2D eigenvalue weighted by molar-refractivity contribution is 6.02. The molecule has 1 heterocycles. The predicted molar refractivity (Wildman–Crippen MR) is 128 cm³/mol. The summed E-state index contributed by atoms with van der Waals surface area (Å²) < 4.78 is 7.54. The topological polar surface area (TPSA) is 74.1 Å². The van der Waals surface area contributed by atoms with Gasteiger partial charge in [-0.25, -0.2) is 9.48 Å². The number of carbonyl (C=O) groups excluding carboxylic acids is 2. The number of rotatable bonds is 7. The number of Topliss-reactive ketones (excluding diaryl/α,β-unsaturated/α-hetero) is 1. The number of hydrogen-bond acceptors (Lipinski definition) is 5. The maximum atomic E-state index is 13.2. The first kappa shape index (κ1) is 21.3. The molecule has 6 nitrogen and oxygen atoms in total.